The summed E-state index contributed by atoms with van der Waals surface area (Å²) in [7, 11) is 7.13. The summed E-state index contributed by atoms with van der Waals surface area (Å²) in [6.07, 6.45) is 0. The maximum Gasteiger partial charge on any atom is 0.321 e. The Bertz CT molecular complexity index is 883. The predicted octanol–water partition coefficient (Wildman–Crippen LogP) is 3.26. The van der Waals surface area contributed by atoms with E-state index in [4.69, 9.17) is 9.47 Å². The van der Waals surface area contributed by atoms with E-state index in [1.54, 1.807) is 26.4 Å². The first-order valence-corrected chi connectivity index (χ1v) is 9.51. The van der Waals surface area contributed by atoms with Crippen molar-refractivity contribution in [3.05, 3.63) is 41.5 Å². The van der Waals surface area contributed by atoms with Gasteiger partial charge in [-0.2, -0.15) is 4.98 Å². The van der Waals surface area contributed by atoms with Gasteiger partial charge in [0.1, 0.15) is 5.75 Å². The molecule has 138 valence electrons. The van der Waals surface area contributed by atoms with Crippen LogP contribution in [-0.2, 0) is 16.9 Å². The molecule has 0 aliphatic heterocycles. The normalized spacial score (nSPS) is 12.2. The van der Waals surface area contributed by atoms with Gasteiger partial charge in [-0.15, -0.1) is 0 Å². The first-order chi connectivity index (χ1) is 12.4. The maximum atomic E-state index is 12.9. The molecule has 7 heteroatoms. The Morgan fingerprint density at radius 1 is 1.12 bits per heavy atom. The molecule has 0 aliphatic rings. The van der Waals surface area contributed by atoms with Crippen LogP contribution in [0.3, 0.4) is 0 Å². The minimum Gasteiger partial charge on any atom is -0.609 e. The third-order valence-corrected chi connectivity index (χ3v) is 5.38. The monoisotopic (exact) mass is 373 g/mol. The van der Waals surface area contributed by atoms with E-state index in [0.717, 1.165) is 22.3 Å². The Balaban J connectivity index is 1.93. The molecule has 1 heterocycles. The number of methoxy groups -OCH3 is 2. The molecule has 6 nitrogen and oxygen atoms in total. The number of benzene rings is 2. The number of aromatic amines is 1. The van der Waals surface area contributed by atoms with Crippen molar-refractivity contribution >= 4 is 27.9 Å². The highest BCUT2D eigenvalue weighted by Crippen LogP contribution is 2.32. The van der Waals surface area contributed by atoms with Crippen LogP contribution in [0.2, 0.25) is 0 Å². The molecular formula is C19H23N3O3S. The largest absolute Gasteiger partial charge is 0.609 e. The van der Waals surface area contributed by atoms with Crippen molar-refractivity contribution in [1.29, 1.82) is 0 Å². The number of aromatic nitrogens is 2. The van der Waals surface area contributed by atoms with E-state index in [1.807, 2.05) is 25.9 Å². The first-order valence-electron chi connectivity index (χ1n) is 8.20. The van der Waals surface area contributed by atoms with Crippen molar-refractivity contribution in [3.8, 4) is 11.5 Å². The summed E-state index contributed by atoms with van der Waals surface area (Å²) < 4.78 is 23.5. The van der Waals surface area contributed by atoms with Gasteiger partial charge in [0.05, 0.1) is 25.3 Å². The Hall–Kier alpha value is -2.38. The number of aryl methyl sites for hydroxylation is 1. The zero-order chi connectivity index (χ0) is 18.8. The number of hydrogen-bond donors (Lipinski definition) is 1. The molecule has 26 heavy (non-hydrogen) atoms. The summed E-state index contributed by atoms with van der Waals surface area (Å²) in [5.41, 5.74) is 4.69. The standard InChI is InChI=1S/C19H23N3O3S/c1-12-6-7-16(22(2)3)13(8-12)11-26(23)19-20-14-9-17(24-4)18(25-5)10-15(14)21-19/h6-10H,11H2,1-5H3,(H,20,21). The minimum absolute atomic E-state index is 0.392. The number of ether oxygens (including phenoxy) is 2. The minimum atomic E-state index is -1.29. The highest BCUT2D eigenvalue weighted by molar-refractivity contribution is 7.90. The van der Waals surface area contributed by atoms with E-state index in [0.29, 0.717) is 27.9 Å². The molecule has 0 saturated heterocycles. The van der Waals surface area contributed by atoms with Crippen molar-refractivity contribution in [2.75, 3.05) is 33.2 Å². The molecule has 2 aromatic carbocycles. The zero-order valence-corrected chi connectivity index (χ0v) is 16.4. The topological polar surface area (TPSA) is 73.4 Å². The van der Waals surface area contributed by atoms with Crippen LogP contribution >= 0.6 is 0 Å². The number of H-pyrrole nitrogens is 1. The number of nitrogens with one attached hydrogen (secondary N) is 1. The van der Waals surface area contributed by atoms with Gasteiger partial charge in [-0.3, -0.25) is 4.98 Å². The molecule has 0 amide bonds. The number of nitrogens with zero attached hydrogens (tertiary/aromatic N) is 2. The van der Waals surface area contributed by atoms with Gasteiger partial charge < -0.3 is 18.9 Å². The van der Waals surface area contributed by atoms with Crippen LogP contribution in [0.1, 0.15) is 11.1 Å². The molecule has 1 atom stereocenters. The SMILES string of the molecule is COc1cc2nc([S+]([O-])Cc3cc(C)ccc3N(C)C)[nH]c2cc1OC. The first kappa shape index (κ1) is 18.4. The van der Waals surface area contributed by atoms with Gasteiger partial charge in [-0.05, 0) is 19.1 Å². The van der Waals surface area contributed by atoms with E-state index < -0.39 is 11.2 Å². The lowest BCUT2D eigenvalue weighted by Crippen LogP contribution is -2.14. The molecule has 3 aromatic rings. The molecule has 1 unspecified atom stereocenters. The number of anilines is 1. The van der Waals surface area contributed by atoms with Gasteiger partial charge in [-0.25, -0.2) is 0 Å². The molecule has 0 radical (unpaired) electrons. The second kappa shape index (κ2) is 7.47. The van der Waals surface area contributed by atoms with Crippen LogP contribution in [0.5, 0.6) is 11.5 Å². The van der Waals surface area contributed by atoms with E-state index in [1.165, 1.54) is 0 Å². The Labute approximate surface area is 156 Å². The zero-order valence-electron chi connectivity index (χ0n) is 15.6. The quantitative estimate of drug-likeness (QED) is 0.672. The van der Waals surface area contributed by atoms with Gasteiger partial charge in [0.15, 0.2) is 11.5 Å². The molecule has 0 bridgehead atoms. The fraction of sp³-hybridized carbons (Fsp3) is 0.316. The van der Waals surface area contributed by atoms with Gasteiger partial charge >= 0.3 is 5.16 Å². The summed E-state index contributed by atoms with van der Waals surface area (Å²) in [6.45, 7) is 2.03. The third-order valence-electron chi connectivity index (χ3n) is 4.18. The summed E-state index contributed by atoms with van der Waals surface area (Å²) in [6, 6.07) is 9.77. The van der Waals surface area contributed by atoms with E-state index >= 15 is 0 Å². The Kier molecular flexibility index (Phi) is 5.29. The average Bonchev–Trinajstić information content (AvgIpc) is 3.03. The molecular weight excluding hydrogens is 350 g/mol. The Morgan fingerprint density at radius 2 is 1.81 bits per heavy atom. The summed E-state index contributed by atoms with van der Waals surface area (Å²) in [4.78, 5) is 9.66. The number of imidazole rings is 1. The van der Waals surface area contributed by atoms with Crippen molar-refractivity contribution < 1.29 is 14.0 Å². The molecule has 3 rings (SSSR count). The van der Waals surface area contributed by atoms with E-state index in [9.17, 15) is 4.55 Å². The van der Waals surface area contributed by atoms with Gasteiger partial charge in [0.25, 0.3) is 0 Å². The van der Waals surface area contributed by atoms with Crippen LogP contribution < -0.4 is 14.4 Å². The Morgan fingerprint density at radius 3 is 2.46 bits per heavy atom. The van der Waals surface area contributed by atoms with Crippen LogP contribution in [0.4, 0.5) is 5.69 Å². The highest BCUT2D eigenvalue weighted by atomic mass is 32.2. The van der Waals surface area contributed by atoms with Gasteiger partial charge in [0.2, 0.25) is 0 Å². The van der Waals surface area contributed by atoms with Crippen LogP contribution in [-0.4, -0.2) is 42.8 Å². The summed E-state index contributed by atoms with van der Waals surface area (Å²) >= 11 is -1.29. The molecule has 0 spiro atoms. The van der Waals surface area contributed by atoms with Crippen LogP contribution in [0.25, 0.3) is 11.0 Å². The lowest BCUT2D eigenvalue weighted by molar-refractivity contribution is 0.356. The second-order valence-corrected chi connectivity index (χ2v) is 7.65. The molecule has 1 N–H and O–H groups in total. The lowest BCUT2D eigenvalue weighted by atomic mass is 10.1. The average molecular weight is 373 g/mol. The number of fused-ring (bicyclic) bond motifs is 1. The number of rotatable bonds is 6. The third kappa shape index (κ3) is 3.59. The molecule has 0 aliphatic carbocycles. The van der Waals surface area contributed by atoms with Crippen molar-refractivity contribution in [3.63, 3.8) is 0 Å². The van der Waals surface area contributed by atoms with Crippen molar-refractivity contribution in [2.45, 2.75) is 17.8 Å². The van der Waals surface area contributed by atoms with Crippen molar-refractivity contribution in [2.24, 2.45) is 0 Å². The van der Waals surface area contributed by atoms with Gasteiger partial charge in [-0.1, -0.05) is 11.6 Å². The summed E-state index contributed by atoms with van der Waals surface area (Å²) in [5, 5.41) is 0.446. The summed E-state index contributed by atoms with van der Waals surface area (Å²) in [5.74, 6) is 1.59. The fourth-order valence-corrected chi connectivity index (χ4v) is 3.97. The van der Waals surface area contributed by atoms with E-state index in [-0.39, 0.29) is 0 Å². The molecule has 0 saturated carbocycles. The fourth-order valence-electron chi connectivity index (χ4n) is 2.90. The lowest BCUT2D eigenvalue weighted by Gasteiger charge is -2.18. The second-order valence-electron chi connectivity index (χ2n) is 6.28. The molecule has 1 aromatic heterocycles. The predicted molar refractivity (Wildman–Crippen MR) is 105 cm³/mol. The van der Waals surface area contributed by atoms with Gasteiger partial charge in [0, 0.05) is 48.7 Å². The maximum absolute atomic E-state index is 12.9. The number of hydrogen-bond acceptors (Lipinski definition) is 5. The van der Waals surface area contributed by atoms with Crippen LogP contribution in [0, 0.1) is 6.92 Å². The highest BCUT2D eigenvalue weighted by Gasteiger charge is 2.21. The molecule has 0 fully saturated rings. The smallest absolute Gasteiger partial charge is 0.321 e. The van der Waals surface area contributed by atoms with E-state index in [2.05, 4.69) is 28.2 Å². The van der Waals surface area contributed by atoms with Crippen molar-refractivity contribution in [1.82, 2.24) is 9.97 Å². The van der Waals surface area contributed by atoms with Crippen LogP contribution in [0.15, 0.2) is 35.5 Å².